The number of hydrogen-bond acceptors (Lipinski definition) is 4. The fourth-order valence-corrected chi connectivity index (χ4v) is 2.60. The Morgan fingerprint density at radius 1 is 1.21 bits per heavy atom. The molecule has 2 rings (SSSR count). The maximum Gasteiger partial charge on any atom is 0.263 e. The van der Waals surface area contributed by atoms with Gasteiger partial charge >= 0.3 is 0 Å². The SMILES string of the molecule is COc1cc(C)cnc1NS(=O)(=O)c1ccccc1. The van der Waals surface area contributed by atoms with E-state index in [0.717, 1.165) is 5.56 Å². The number of aromatic nitrogens is 1. The number of hydrogen-bond donors (Lipinski definition) is 1. The van der Waals surface area contributed by atoms with E-state index in [4.69, 9.17) is 4.74 Å². The number of nitrogens with one attached hydrogen (secondary N) is 1. The number of rotatable bonds is 4. The highest BCUT2D eigenvalue weighted by Crippen LogP contribution is 2.24. The van der Waals surface area contributed by atoms with Crippen LogP contribution in [0.5, 0.6) is 5.75 Å². The van der Waals surface area contributed by atoms with E-state index >= 15 is 0 Å². The molecule has 100 valence electrons. The van der Waals surface area contributed by atoms with Gasteiger partial charge in [-0.1, -0.05) is 18.2 Å². The minimum Gasteiger partial charge on any atom is -0.493 e. The standard InChI is InChI=1S/C13H14N2O3S/c1-10-8-12(18-2)13(14-9-10)15-19(16,17)11-6-4-3-5-7-11/h3-9H,1-2H3,(H,14,15). The fourth-order valence-electron chi connectivity index (χ4n) is 1.56. The summed E-state index contributed by atoms with van der Waals surface area (Å²) in [5.41, 5.74) is 0.888. The van der Waals surface area contributed by atoms with Crippen LogP contribution in [0, 0.1) is 6.92 Å². The number of methoxy groups -OCH3 is 1. The van der Waals surface area contributed by atoms with Crippen LogP contribution in [0.25, 0.3) is 0 Å². The lowest BCUT2D eigenvalue weighted by molar-refractivity contribution is 0.415. The fraction of sp³-hybridized carbons (Fsp3) is 0.154. The molecular weight excluding hydrogens is 264 g/mol. The molecule has 0 amide bonds. The van der Waals surface area contributed by atoms with Crippen molar-refractivity contribution in [2.24, 2.45) is 0 Å². The summed E-state index contributed by atoms with van der Waals surface area (Å²) in [6.45, 7) is 1.85. The molecule has 0 saturated carbocycles. The van der Waals surface area contributed by atoms with Gasteiger partial charge in [-0.05, 0) is 30.7 Å². The smallest absolute Gasteiger partial charge is 0.263 e. The topological polar surface area (TPSA) is 68.3 Å². The first kappa shape index (κ1) is 13.4. The Labute approximate surface area is 112 Å². The van der Waals surface area contributed by atoms with Crippen LogP contribution in [0.1, 0.15) is 5.56 Å². The van der Waals surface area contributed by atoms with E-state index in [1.165, 1.54) is 19.2 Å². The monoisotopic (exact) mass is 278 g/mol. The summed E-state index contributed by atoms with van der Waals surface area (Å²) in [5, 5.41) is 0. The maximum atomic E-state index is 12.1. The molecule has 2 aromatic rings. The Kier molecular flexibility index (Phi) is 3.71. The molecule has 0 aliphatic heterocycles. The van der Waals surface area contributed by atoms with Crippen LogP contribution < -0.4 is 9.46 Å². The molecule has 1 aromatic carbocycles. The predicted octanol–water partition coefficient (Wildman–Crippen LogP) is 2.20. The molecule has 0 radical (unpaired) electrons. The van der Waals surface area contributed by atoms with Gasteiger partial charge < -0.3 is 4.74 Å². The molecule has 0 unspecified atom stereocenters. The summed E-state index contributed by atoms with van der Waals surface area (Å²) >= 11 is 0. The molecule has 0 fully saturated rings. The van der Waals surface area contributed by atoms with Crippen LogP contribution in [0.4, 0.5) is 5.82 Å². The van der Waals surface area contributed by atoms with E-state index < -0.39 is 10.0 Å². The van der Waals surface area contributed by atoms with Crippen LogP contribution in [-0.2, 0) is 10.0 Å². The van der Waals surface area contributed by atoms with Gasteiger partial charge in [0.2, 0.25) is 0 Å². The predicted molar refractivity (Wildman–Crippen MR) is 72.8 cm³/mol. The summed E-state index contributed by atoms with van der Waals surface area (Å²) in [4.78, 5) is 4.22. The summed E-state index contributed by atoms with van der Waals surface area (Å²) in [7, 11) is -2.18. The van der Waals surface area contributed by atoms with E-state index in [1.807, 2.05) is 6.92 Å². The first-order valence-corrected chi connectivity index (χ1v) is 7.10. The Hall–Kier alpha value is -2.08. The average Bonchev–Trinajstić information content (AvgIpc) is 2.41. The van der Waals surface area contributed by atoms with Gasteiger partial charge in [-0.2, -0.15) is 0 Å². The van der Waals surface area contributed by atoms with E-state index in [0.29, 0.717) is 5.75 Å². The number of nitrogens with zero attached hydrogens (tertiary/aromatic N) is 1. The maximum absolute atomic E-state index is 12.1. The normalized spacial score (nSPS) is 11.1. The van der Waals surface area contributed by atoms with Gasteiger partial charge in [0.15, 0.2) is 11.6 Å². The number of aryl methyl sites for hydroxylation is 1. The number of ether oxygens (including phenoxy) is 1. The molecule has 0 bridgehead atoms. The van der Waals surface area contributed by atoms with Crippen LogP contribution in [0.2, 0.25) is 0 Å². The lowest BCUT2D eigenvalue weighted by Gasteiger charge is -2.11. The second-order valence-electron chi connectivity index (χ2n) is 3.98. The van der Waals surface area contributed by atoms with Crippen LogP contribution in [0.3, 0.4) is 0 Å². The van der Waals surface area contributed by atoms with Crippen molar-refractivity contribution >= 4 is 15.8 Å². The third-order valence-corrected chi connectivity index (χ3v) is 3.85. The number of anilines is 1. The van der Waals surface area contributed by atoms with Gasteiger partial charge in [0.1, 0.15) is 0 Å². The zero-order valence-corrected chi connectivity index (χ0v) is 11.4. The van der Waals surface area contributed by atoms with Crippen LogP contribution in [-0.4, -0.2) is 20.5 Å². The summed E-state index contributed by atoms with van der Waals surface area (Å²) in [5.74, 6) is 0.566. The molecule has 1 N–H and O–H groups in total. The average molecular weight is 278 g/mol. The molecular formula is C13H14N2O3S. The zero-order chi connectivity index (χ0) is 13.9. The molecule has 19 heavy (non-hydrogen) atoms. The van der Waals surface area contributed by atoms with Crippen molar-refractivity contribution in [3.05, 3.63) is 48.2 Å². The molecule has 0 saturated heterocycles. The third kappa shape index (κ3) is 3.03. The Bertz CT molecular complexity index is 670. The molecule has 0 aliphatic carbocycles. The lowest BCUT2D eigenvalue weighted by atomic mass is 10.3. The second kappa shape index (κ2) is 5.27. The van der Waals surface area contributed by atoms with Gasteiger partial charge in [-0.3, -0.25) is 4.72 Å². The second-order valence-corrected chi connectivity index (χ2v) is 5.66. The van der Waals surface area contributed by atoms with Crippen molar-refractivity contribution in [2.75, 3.05) is 11.8 Å². The van der Waals surface area contributed by atoms with Crippen molar-refractivity contribution in [3.63, 3.8) is 0 Å². The van der Waals surface area contributed by atoms with E-state index in [9.17, 15) is 8.42 Å². The highest BCUT2D eigenvalue weighted by molar-refractivity contribution is 7.92. The zero-order valence-electron chi connectivity index (χ0n) is 10.6. The molecule has 6 heteroatoms. The Morgan fingerprint density at radius 2 is 1.89 bits per heavy atom. The minimum atomic E-state index is -3.65. The molecule has 1 aromatic heterocycles. The largest absolute Gasteiger partial charge is 0.493 e. The molecule has 0 atom stereocenters. The van der Waals surface area contributed by atoms with Gasteiger partial charge in [-0.15, -0.1) is 0 Å². The highest BCUT2D eigenvalue weighted by Gasteiger charge is 2.16. The Balaban J connectivity index is 2.36. The minimum absolute atomic E-state index is 0.178. The van der Waals surface area contributed by atoms with Gasteiger partial charge in [0, 0.05) is 6.20 Å². The first-order valence-electron chi connectivity index (χ1n) is 5.61. The van der Waals surface area contributed by atoms with Crippen LogP contribution in [0.15, 0.2) is 47.5 Å². The summed E-state index contributed by atoms with van der Waals surface area (Å²) < 4.78 is 31.8. The number of pyridine rings is 1. The lowest BCUT2D eigenvalue weighted by Crippen LogP contribution is -2.14. The molecule has 5 nitrogen and oxygen atoms in total. The van der Waals surface area contributed by atoms with Crippen LogP contribution >= 0.6 is 0 Å². The van der Waals surface area contributed by atoms with Crippen molar-refractivity contribution in [3.8, 4) is 5.75 Å². The van der Waals surface area contributed by atoms with Gasteiger partial charge in [0.05, 0.1) is 12.0 Å². The first-order chi connectivity index (χ1) is 9.03. The van der Waals surface area contributed by atoms with E-state index in [-0.39, 0.29) is 10.7 Å². The van der Waals surface area contributed by atoms with Crippen molar-refractivity contribution in [1.29, 1.82) is 0 Å². The third-order valence-electron chi connectivity index (χ3n) is 2.49. The molecule has 0 spiro atoms. The van der Waals surface area contributed by atoms with Gasteiger partial charge in [-0.25, -0.2) is 13.4 Å². The highest BCUT2D eigenvalue weighted by atomic mass is 32.2. The summed E-state index contributed by atoms with van der Waals surface area (Å²) in [6, 6.07) is 9.83. The molecule has 1 heterocycles. The van der Waals surface area contributed by atoms with E-state index in [1.54, 1.807) is 30.5 Å². The number of benzene rings is 1. The Morgan fingerprint density at radius 3 is 2.53 bits per heavy atom. The van der Waals surface area contributed by atoms with Crippen molar-refractivity contribution in [2.45, 2.75) is 11.8 Å². The molecule has 0 aliphatic rings. The van der Waals surface area contributed by atoms with Crippen molar-refractivity contribution < 1.29 is 13.2 Å². The quantitative estimate of drug-likeness (QED) is 0.931. The number of sulfonamides is 1. The van der Waals surface area contributed by atoms with E-state index in [2.05, 4.69) is 9.71 Å². The van der Waals surface area contributed by atoms with Gasteiger partial charge in [0.25, 0.3) is 10.0 Å². The van der Waals surface area contributed by atoms with Crippen molar-refractivity contribution in [1.82, 2.24) is 4.98 Å². The summed E-state index contributed by atoms with van der Waals surface area (Å²) in [6.07, 6.45) is 1.57.